The Bertz CT molecular complexity index is 5850. The third-order valence-electron chi connectivity index (χ3n) is 20.1. The molecule has 0 amide bonds. The van der Waals surface area contributed by atoms with Crippen molar-refractivity contribution in [3.63, 3.8) is 0 Å². The molecule has 0 N–H and O–H groups in total. The Kier molecular flexibility index (Phi) is 41.2. The van der Waals surface area contributed by atoms with E-state index in [0.29, 0.717) is 0 Å². The van der Waals surface area contributed by atoms with Crippen molar-refractivity contribution < 1.29 is 181 Å². The van der Waals surface area contributed by atoms with Gasteiger partial charge in [-0.1, -0.05) is 0 Å². The van der Waals surface area contributed by atoms with Gasteiger partial charge in [-0.05, 0) is 152 Å². The molecule has 0 radical (unpaired) electrons. The SMILES string of the molecule is CCOC(=O)COc1c2cc(S(=O)(=O)Cl)cc1Cc1cc(S(=O)(=O)Cl)cc(c1OCC(=O)OCC)Cc1cc(S(=O)(=O)Cl)cc(c1OCC(=O)OCC)Cc1cc(S(=O)(=O)Cl)cc(c1OCC(=O)OCC)Cc1cc(S(=O)(=O)Cl)cc(c1OCC(=O)OCC)Cc1cc(S(=O)(=O)Cl)cc(c1OCC(=O)OCC)Cc1cc(S(=O)(=O)Cl)cc(c1OCC(=O)OCC)Cc1cc(S(=O)(=O)Cl)cc(c1OCC(=O)OCC)C2. The summed E-state index contributed by atoms with van der Waals surface area (Å²) in [4.78, 5) is 103. The third kappa shape index (κ3) is 32.9. The van der Waals surface area contributed by atoms with Crippen LogP contribution in [0.3, 0.4) is 0 Å². The molecule has 9 rings (SSSR count). The predicted octanol–water partition coefficient (Wildman–Crippen LogP) is 11.7. The lowest BCUT2D eigenvalue weighted by Gasteiger charge is -2.24. The first-order chi connectivity index (χ1) is 67.3. The Balaban J connectivity index is 1.61. The number of halogens is 8. The Hall–Kier alpha value is -10.2. The van der Waals surface area contributed by atoms with Crippen LogP contribution in [0.15, 0.2) is 136 Å². The molecule has 1 aliphatic rings. The van der Waals surface area contributed by atoms with Crippen LogP contribution in [0.4, 0.5) is 0 Å². The second-order valence-electron chi connectivity index (χ2n) is 30.2. The lowest BCUT2D eigenvalue weighted by molar-refractivity contribution is -0.146. The minimum atomic E-state index is -5.21. The molecule has 0 saturated heterocycles. The van der Waals surface area contributed by atoms with Gasteiger partial charge >= 0.3 is 47.8 Å². The highest BCUT2D eigenvalue weighted by atomic mass is 35.7. The fraction of sp³-hybridized carbons (Fsp3) is 0.364. The molecule has 0 heterocycles. The highest BCUT2D eigenvalue weighted by Crippen LogP contribution is 2.48. The largest absolute Gasteiger partial charge is 0.481 e. The molecule has 1 aliphatic carbocycles. The van der Waals surface area contributed by atoms with Crippen molar-refractivity contribution in [1.82, 2.24) is 0 Å². The van der Waals surface area contributed by atoms with Crippen molar-refractivity contribution in [3.8, 4) is 46.0 Å². The number of carbonyl (C=O) groups excluding carboxylic acids is 8. The van der Waals surface area contributed by atoms with E-state index in [1.54, 1.807) is 0 Å². The van der Waals surface area contributed by atoms with Crippen molar-refractivity contribution in [3.05, 3.63) is 186 Å². The highest BCUT2D eigenvalue weighted by Gasteiger charge is 2.36. The molecule has 784 valence electrons. The zero-order valence-corrected chi connectivity index (χ0v) is 89.4. The maximum Gasteiger partial charge on any atom is 0.344 e. The molecule has 144 heavy (non-hydrogen) atoms. The van der Waals surface area contributed by atoms with Crippen LogP contribution < -0.4 is 37.9 Å². The Morgan fingerprint density at radius 2 is 0.250 bits per heavy atom. The molecule has 56 heteroatoms. The summed E-state index contributed by atoms with van der Waals surface area (Å²) < 4.78 is 322. The van der Waals surface area contributed by atoms with Crippen LogP contribution in [0.5, 0.6) is 46.0 Å². The molecule has 0 spiro atoms. The molecular formula is C88H88Cl8O40S8. The second kappa shape index (κ2) is 50.5. The van der Waals surface area contributed by atoms with Gasteiger partial charge in [0.25, 0.3) is 72.4 Å². The number of ether oxygens (including phenoxy) is 16. The van der Waals surface area contributed by atoms with Gasteiger partial charge in [0, 0.05) is 226 Å². The fourth-order valence-corrected chi connectivity index (χ4v) is 21.5. The minimum Gasteiger partial charge on any atom is -0.481 e. The second-order valence-corrected chi connectivity index (χ2v) is 50.8. The number of benzene rings is 8. The van der Waals surface area contributed by atoms with E-state index in [2.05, 4.69) is 0 Å². The molecule has 8 aromatic rings. The number of carbonyl (C=O) groups is 8. The lowest BCUT2D eigenvalue weighted by atomic mass is 9.91. The molecular weight excluding hydrogens is 2240 g/mol. The van der Waals surface area contributed by atoms with Crippen molar-refractivity contribution in [2.75, 3.05) is 106 Å². The van der Waals surface area contributed by atoms with E-state index in [-0.39, 0.29) is 52.9 Å². The molecule has 0 atom stereocenters. The first-order valence-corrected chi connectivity index (χ1v) is 60.9. The molecule has 8 aromatic carbocycles. The predicted molar refractivity (Wildman–Crippen MR) is 515 cm³/mol. The summed E-state index contributed by atoms with van der Waals surface area (Å²) in [7, 11) is 8.89. The van der Waals surface area contributed by atoms with E-state index in [1.165, 1.54) is 55.4 Å². The molecule has 0 fully saturated rings. The van der Waals surface area contributed by atoms with Crippen molar-refractivity contribution in [2.24, 2.45) is 0 Å². The zero-order chi connectivity index (χ0) is 107. The normalized spacial score (nSPS) is 12.8. The zero-order valence-electron chi connectivity index (χ0n) is 76.8. The van der Waals surface area contributed by atoms with E-state index >= 15 is 0 Å². The Labute approximate surface area is 863 Å². The first-order valence-electron chi connectivity index (χ1n) is 42.4. The van der Waals surface area contributed by atoms with E-state index in [1.807, 2.05) is 0 Å². The van der Waals surface area contributed by atoms with Gasteiger partial charge in [-0.15, -0.1) is 0 Å². The number of fused-ring (bicyclic) bond motifs is 16. The van der Waals surface area contributed by atoms with Gasteiger partial charge in [0.05, 0.1) is 92.0 Å². The Morgan fingerprint density at radius 3 is 0.312 bits per heavy atom. The monoisotopic (exact) mass is 2320 g/mol. The molecule has 0 aliphatic heterocycles. The summed E-state index contributed by atoms with van der Waals surface area (Å²) in [5.74, 6) is -14.4. The third-order valence-corrected chi connectivity index (χ3v) is 30.8. The molecule has 0 unspecified atom stereocenters. The summed E-state index contributed by atoms with van der Waals surface area (Å²) >= 11 is 0. The maximum atomic E-state index is 14.3. The topological polar surface area (TPSA) is 557 Å². The van der Waals surface area contributed by atoms with Gasteiger partial charge in [0.1, 0.15) is 46.0 Å². The van der Waals surface area contributed by atoms with E-state index in [9.17, 15) is 106 Å². The number of esters is 8. The first kappa shape index (κ1) is 117. The molecule has 40 nitrogen and oxygen atoms in total. The van der Waals surface area contributed by atoms with Gasteiger partial charge in [0.2, 0.25) is 0 Å². The average molecular weight is 2330 g/mol. The van der Waals surface area contributed by atoms with Crippen LogP contribution in [0.25, 0.3) is 0 Å². The van der Waals surface area contributed by atoms with E-state index < -0.39 is 399 Å². The van der Waals surface area contributed by atoms with E-state index in [0.717, 1.165) is 97.1 Å². The van der Waals surface area contributed by atoms with Crippen LogP contribution in [0.2, 0.25) is 0 Å². The van der Waals surface area contributed by atoms with Crippen LogP contribution in [0.1, 0.15) is 144 Å². The van der Waals surface area contributed by atoms with Crippen LogP contribution in [0, 0.1) is 0 Å². The van der Waals surface area contributed by atoms with Crippen molar-refractivity contribution in [1.29, 1.82) is 0 Å². The standard InChI is InChI=1S/C88H88Cl8O40S8/c1-9-121-73(97)41-129-81-49-17-51-27-66(138(90,107)108)29-53(82(51)130-42-74(98)122-10-2)19-55-31-68(140(92,111)112)33-57(84(55)132-44-76(100)124-12-4)21-59-35-70(142(94,115)116)37-61(86(59)134-46-78(102)126-14-6)23-63-39-72(144(96,119)120)40-64(88(63)136-48-80(104)128-16-8)24-62-38-71(143(95,117)118)36-60(87(62)135-47-79(103)127-15-7)22-58-34-69(141(93,113)114)32-56(85(58)133-45-77(101)125-13-5)20-54-30-67(139(91,109)110)28-52(83(54)131-43-75(99)123-11-3)18-50(81)26-65(25-49)137(89,105)106/h25-40H,9-24,41-48H2,1-8H3. The number of rotatable bonds is 40. The number of hydrogen-bond donors (Lipinski definition) is 0. The fourth-order valence-electron chi connectivity index (χ4n) is 14.8. The summed E-state index contributed by atoms with van der Waals surface area (Å²) in [6.07, 6.45) is -8.19. The van der Waals surface area contributed by atoms with E-state index in [4.69, 9.17) is 161 Å². The van der Waals surface area contributed by atoms with Crippen LogP contribution >= 0.6 is 85.5 Å². The molecule has 0 saturated carbocycles. The van der Waals surface area contributed by atoms with Gasteiger partial charge in [-0.3, -0.25) is 0 Å². The Morgan fingerprint density at radius 1 is 0.174 bits per heavy atom. The average Bonchev–Trinajstić information content (AvgIpc) is 0.763. The summed E-state index contributed by atoms with van der Waals surface area (Å²) in [6.45, 7) is -0.747. The van der Waals surface area contributed by atoms with Gasteiger partial charge < -0.3 is 75.8 Å². The molecule has 0 aromatic heterocycles. The highest BCUT2D eigenvalue weighted by molar-refractivity contribution is 8.15. The van der Waals surface area contributed by atoms with Gasteiger partial charge in [0.15, 0.2) is 52.9 Å². The summed E-state index contributed by atoms with van der Waals surface area (Å²) in [5, 5.41) is 0. The maximum absolute atomic E-state index is 14.3. The van der Waals surface area contributed by atoms with Crippen LogP contribution in [-0.4, -0.2) is 221 Å². The van der Waals surface area contributed by atoms with Gasteiger partial charge in [-0.25, -0.2) is 106 Å². The van der Waals surface area contributed by atoms with Crippen molar-refractivity contribution in [2.45, 2.75) is 146 Å². The van der Waals surface area contributed by atoms with Gasteiger partial charge in [-0.2, -0.15) is 0 Å². The quantitative estimate of drug-likeness (QED) is 0.0195. The van der Waals surface area contributed by atoms with Crippen molar-refractivity contribution >= 4 is 206 Å². The molecule has 16 bridgehead atoms. The lowest BCUT2D eigenvalue weighted by Crippen LogP contribution is -2.19. The summed E-state index contributed by atoms with van der Waals surface area (Å²) in [5.41, 5.74) is -8.31. The number of hydrogen-bond acceptors (Lipinski definition) is 40. The summed E-state index contributed by atoms with van der Waals surface area (Å²) in [6, 6.07) is 13.0. The van der Waals surface area contributed by atoms with Crippen LogP contribution in [-0.2, 0) is 200 Å². The smallest absolute Gasteiger partial charge is 0.344 e. The minimum absolute atomic E-state index is 0.327.